The van der Waals surface area contributed by atoms with Gasteiger partial charge in [-0.3, -0.25) is 0 Å². The van der Waals surface area contributed by atoms with Crippen molar-refractivity contribution in [2.75, 3.05) is 5.73 Å². The Morgan fingerprint density at radius 1 is 1.27 bits per heavy atom. The van der Waals surface area contributed by atoms with E-state index in [0.29, 0.717) is 16.6 Å². The third-order valence-electron chi connectivity index (χ3n) is 2.47. The number of nitrogen functional groups attached to an aromatic ring is 1. The van der Waals surface area contributed by atoms with Crippen LogP contribution in [-0.4, -0.2) is 5.67 Å². The summed E-state index contributed by atoms with van der Waals surface area (Å²) in [6, 6.07) is 5.39. The molecule has 0 radical (unpaired) electrons. The molecule has 15 heavy (non-hydrogen) atoms. The summed E-state index contributed by atoms with van der Waals surface area (Å²) in [7, 11) is 0. The minimum atomic E-state index is -1.51. The molecule has 0 saturated heterocycles. The second-order valence-electron chi connectivity index (χ2n) is 3.89. The molecule has 1 aromatic carbocycles. The van der Waals surface area contributed by atoms with E-state index in [1.807, 2.05) is 12.1 Å². The molecular formula is C12H13FN2. The number of allylic oxidation sites excluding steroid dienone is 1. The van der Waals surface area contributed by atoms with E-state index < -0.39 is 5.67 Å². The van der Waals surface area contributed by atoms with E-state index in [-0.39, 0.29) is 0 Å². The number of benzene rings is 1. The molecule has 0 spiro atoms. The SMILES string of the molecule is CC1(F)C=CC(N)=c2cccc(N)c2=C1. The number of halogens is 1. The number of alkyl halides is 1. The van der Waals surface area contributed by atoms with E-state index in [0.717, 1.165) is 5.22 Å². The minimum absolute atomic E-state index is 0.537. The first-order valence-electron chi connectivity index (χ1n) is 4.75. The van der Waals surface area contributed by atoms with Crippen LogP contribution in [0.25, 0.3) is 11.8 Å². The van der Waals surface area contributed by atoms with Crippen molar-refractivity contribution in [1.29, 1.82) is 0 Å². The Labute approximate surface area is 87.4 Å². The second-order valence-corrected chi connectivity index (χ2v) is 3.89. The van der Waals surface area contributed by atoms with Gasteiger partial charge in [0.05, 0.1) is 0 Å². The van der Waals surface area contributed by atoms with Crippen LogP contribution in [0.1, 0.15) is 6.92 Å². The van der Waals surface area contributed by atoms with Crippen LogP contribution >= 0.6 is 0 Å². The van der Waals surface area contributed by atoms with Gasteiger partial charge in [0.2, 0.25) is 0 Å². The molecule has 1 aliphatic carbocycles. The van der Waals surface area contributed by atoms with Gasteiger partial charge < -0.3 is 11.5 Å². The molecule has 0 aliphatic heterocycles. The van der Waals surface area contributed by atoms with Gasteiger partial charge >= 0.3 is 0 Å². The topological polar surface area (TPSA) is 52.0 Å². The van der Waals surface area contributed by atoms with Crippen LogP contribution < -0.4 is 21.9 Å². The Morgan fingerprint density at radius 2 is 2.00 bits per heavy atom. The van der Waals surface area contributed by atoms with E-state index >= 15 is 0 Å². The second kappa shape index (κ2) is 3.12. The fraction of sp³-hybridized carbons (Fsp3) is 0.167. The minimum Gasteiger partial charge on any atom is -0.398 e. The van der Waals surface area contributed by atoms with Crippen molar-refractivity contribution in [1.82, 2.24) is 0 Å². The zero-order valence-corrected chi connectivity index (χ0v) is 8.50. The van der Waals surface area contributed by atoms with E-state index in [2.05, 4.69) is 0 Å². The number of hydrogen-bond donors (Lipinski definition) is 2. The maximum absolute atomic E-state index is 13.9. The highest BCUT2D eigenvalue weighted by Crippen LogP contribution is 2.16. The Morgan fingerprint density at radius 3 is 2.73 bits per heavy atom. The third kappa shape index (κ3) is 1.73. The lowest BCUT2D eigenvalue weighted by molar-refractivity contribution is 0.350. The molecule has 3 heteroatoms. The molecule has 1 aromatic rings. The van der Waals surface area contributed by atoms with Crippen molar-refractivity contribution in [2.24, 2.45) is 5.73 Å². The number of anilines is 1. The van der Waals surface area contributed by atoms with Crippen LogP contribution in [0.2, 0.25) is 0 Å². The molecule has 4 N–H and O–H groups in total. The first-order valence-corrected chi connectivity index (χ1v) is 4.75. The molecule has 1 atom stereocenters. The highest BCUT2D eigenvalue weighted by atomic mass is 19.1. The van der Waals surface area contributed by atoms with Gasteiger partial charge in [-0.2, -0.15) is 0 Å². The maximum atomic E-state index is 13.9. The summed E-state index contributed by atoms with van der Waals surface area (Å²) in [5.74, 6) is 0. The van der Waals surface area contributed by atoms with Crippen molar-refractivity contribution in [3.63, 3.8) is 0 Å². The maximum Gasteiger partial charge on any atom is 0.145 e. The van der Waals surface area contributed by atoms with Crippen LogP contribution in [0.15, 0.2) is 30.4 Å². The van der Waals surface area contributed by atoms with E-state index in [1.165, 1.54) is 19.1 Å². The summed E-state index contributed by atoms with van der Waals surface area (Å²) in [5.41, 5.74) is 11.2. The van der Waals surface area contributed by atoms with E-state index in [1.54, 1.807) is 12.1 Å². The third-order valence-corrected chi connectivity index (χ3v) is 2.47. The van der Waals surface area contributed by atoms with Gasteiger partial charge in [0.15, 0.2) is 0 Å². The highest BCUT2D eigenvalue weighted by Gasteiger charge is 2.17. The van der Waals surface area contributed by atoms with Crippen LogP contribution in [0, 0.1) is 0 Å². The number of nitrogens with two attached hydrogens (primary N) is 2. The fourth-order valence-corrected chi connectivity index (χ4v) is 1.67. The van der Waals surface area contributed by atoms with Gasteiger partial charge in [-0.1, -0.05) is 12.1 Å². The largest absolute Gasteiger partial charge is 0.398 e. The number of hydrogen-bond acceptors (Lipinski definition) is 2. The molecule has 78 valence electrons. The predicted octanol–water partition coefficient (Wildman–Crippen LogP) is 0.414. The van der Waals surface area contributed by atoms with Crippen molar-refractivity contribution in [3.8, 4) is 0 Å². The summed E-state index contributed by atoms with van der Waals surface area (Å²) in [6.45, 7) is 1.47. The van der Waals surface area contributed by atoms with Gasteiger partial charge in [0.25, 0.3) is 0 Å². The Balaban J connectivity index is 2.93. The van der Waals surface area contributed by atoms with Gasteiger partial charge in [-0.15, -0.1) is 0 Å². The summed E-state index contributed by atoms with van der Waals surface area (Å²) in [4.78, 5) is 0. The molecule has 0 amide bonds. The molecule has 0 aromatic heterocycles. The van der Waals surface area contributed by atoms with Crippen molar-refractivity contribution >= 4 is 17.5 Å². The molecule has 1 aliphatic rings. The smallest absolute Gasteiger partial charge is 0.145 e. The zero-order valence-electron chi connectivity index (χ0n) is 8.50. The van der Waals surface area contributed by atoms with Gasteiger partial charge in [-0.25, -0.2) is 4.39 Å². The zero-order chi connectivity index (χ0) is 11.1. The lowest BCUT2D eigenvalue weighted by atomic mass is 10.1. The van der Waals surface area contributed by atoms with Crippen molar-refractivity contribution in [2.45, 2.75) is 12.6 Å². The fourth-order valence-electron chi connectivity index (χ4n) is 1.67. The van der Waals surface area contributed by atoms with Gasteiger partial charge in [0.1, 0.15) is 5.67 Å². The number of fused-ring (bicyclic) bond motifs is 1. The molecule has 2 rings (SSSR count). The lowest BCUT2D eigenvalue weighted by Gasteiger charge is -2.08. The Kier molecular flexibility index (Phi) is 2.03. The molecule has 1 unspecified atom stereocenters. The van der Waals surface area contributed by atoms with Crippen LogP contribution in [-0.2, 0) is 0 Å². The van der Waals surface area contributed by atoms with Crippen molar-refractivity contribution in [3.05, 3.63) is 40.8 Å². The van der Waals surface area contributed by atoms with Gasteiger partial charge in [0, 0.05) is 21.8 Å². The quantitative estimate of drug-likeness (QED) is 0.601. The average Bonchev–Trinajstić information content (AvgIpc) is 2.27. The van der Waals surface area contributed by atoms with Crippen molar-refractivity contribution < 1.29 is 4.39 Å². The van der Waals surface area contributed by atoms with E-state index in [4.69, 9.17) is 11.5 Å². The molecular weight excluding hydrogens is 191 g/mol. The summed E-state index contributed by atoms with van der Waals surface area (Å²) in [5, 5.41) is 1.46. The van der Waals surface area contributed by atoms with Crippen LogP contribution in [0.3, 0.4) is 0 Å². The molecule has 0 fully saturated rings. The van der Waals surface area contributed by atoms with E-state index in [9.17, 15) is 4.39 Å². The predicted molar refractivity (Wildman–Crippen MR) is 60.8 cm³/mol. The molecule has 0 saturated carbocycles. The summed E-state index contributed by atoms with van der Waals surface area (Å²) < 4.78 is 13.9. The van der Waals surface area contributed by atoms with Crippen LogP contribution in [0.4, 0.5) is 10.1 Å². The normalized spacial score (nSPS) is 24.3. The highest BCUT2D eigenvalue weighted by molar-refractivity contribution is 5.62. The lowest BCUT2D eigenvalue weighted by Crippen LogP contribution is -2.32. The first kappa shape index (κ1) is 9.77. The number of rotatable bonds is 0. The Bertz CT molecular complexity index is 541. The monoisotopic (exact) mass is 204 g/mol. The van der Waals surface area contributed by atoms with Gasteiger partial charge in [-0.05, 0) is 31.2 Å². The summed E-state index contributed by atoms with van der Waals surface area (Å²) in [6.07, 6.45) is 4.51. The standard InChI is InChI=1S/C12H13FN2/c1-12(13)6-5-11(15)8-3-2-4-10(14)9(8)7-12/h2-7H,14-15H2,1H3. The molecule has 0 bridgehead atoms. The Hall–Kier alpha value is -1.77. The molecule has 2 nitrogen and oxygen atoms in total. The summed E-state index contributed by atoms with van der Waals surface area (Å²) >= 11 is 0. The van der Waals surface area contributed by atoms with Crippen LogP contribution in [0.5, 0.6) is 0 Å². The molecule has 0 heterocycles. The average molecular weight is 204 g/mol. The first-order chi connectivity index (χ1) is 6.99.